The molecule has 0 aliphatic carbocycles. The first-order valence-electron chi connectivity index (χ1n) is 8.67. The third kappa shape index (κ3) is 3.24. The van der Waals surface area contributed by atoms with Gasteiger partial charge in [0.05, 0.1) is 18.8 Å². The highest BCUT2D eigenvalue weighted by Gasteiger charge is 2.34. The Morgan fingerprint density at radius 3 is 3.12 bits per heavy atom. The number of fused-ring (bicyclic) bond motifs is 1. The third-order valence-electron chi connectivity index (χ3n) is 4.89. The summed E-state index contributed by atoms with van der Waals surface area (Å²) >= 11 is 0. The van der Waals surface area contributed by atoms with Crippen molar-refractivity contribution in [1.82, 2.24) is 19.9 Å². The van der Waals surface area contributed by atoms with Crippen LogP contribution in [0.2, 0.25) is 0 Å². The molecule has 1 aromatic heterocycles. The standard InChI is InChI=1S/C18H22N4O3/c1-24-12-14-10-22(20-19-14)15-8-9-21(11-15)18(23)17-7-6-13-4-2-3-5-16(13)25-17/h2-5,10,15,17H,6-9,11-12H2,1H3/t15-,17+/m1/s1. The Morgan fingerprint density at radius 1 is 1.36 bits per heavy atom. The lowest BCUT2D eigenvalue weighted by molar-refractivity contribution is -0.138. The summed E-state index contributed by atoms with van der Waals surface area (Å²) in [7, 11) is 1.64. The van der Waals surface area contributed by atoms with Crippen molar-refractivity contribution in [3.63, 3.8) is 0 Å². The molecule has 1 fully saturated rings. The van der Waals surface area contributed by atoms with Crippen molar-refractivity contribution in [2.45, 2.75) is 38.0 Å². The van der Waals surface area contributed by atoms with Crippen LogP contribution in [0, 0.1) is 0 Å². The Bertz CT molecular complexity index is 760. The number of carbonyl (C=O) groups is 1. The molecule has 0 bridgehead atoms. The Kier molecular flexibility index (Phi) is 4.40. The second-order valence-electron chi connectivity index (χ2n) is 6.60. The zero-order valence-electron chi connectivity index (χ0n) is 14.3. The molecule has 132 valence electrons. The topological polar surface area (TPSA) is 69.5 Å². The zero-order valence-corrected chi connectivity index (χ0v) is 14.3. The number of amides is 1. The number of rotatable bonds is 4. The molecule has 2 aliphatic heterocycles. The van der Waals surface area contributed by atoms with Crippen molar-refractivity contribution in [3.05, 3.63) is 41.7 Å². The first kappa shape index (κ1) is 16.1. The van der Waals surface area contributed by atoms with Crippen LogP contribution in [-0.2, 0) is 22.6 Å². The summed E-state index contributed by atoms with van der Waals surface area (Å²) in [5.74, 6) is 0.914. The molecule has 3 heterocycles. The summed E-state index contributed by atoms with van der Waals surface area (Å²) in [4.78, 5) is 14.7. The molecule has 25 heavy (non-hydrogen) atoms. The van der Waals surface area contributed by atoms with Gasteiger partial charge in [0.15, 0.2) is 6.10 Å². The number of para-hydroxylation sites is 1. The fourth-order valence-electron chi connectivity index (χ4n) is 3.57. The maximum absolute atomic E-state index is 12.8. The molecule has 2 aliphatic rings. The van der Waals surface area contributed by atoms with Crippen LogP contribution < -0.4 is 4.74 Å². The van der Waals surface area contributed by atoms with E-state index in [0.717, 1.165) is 37.3 Å². The zero-order chi connectivity index (χ0) is 17.2. The highest BCUT2D eigenvalue weighted by molar-refractivity contribution is 5.82. The summed E-state index contributed by atoms with van der Waals surface area (Å²) in [6.45, 7) is 1.82. The summed E-state index contributed by atoms with van der Waals surface area (Å²) in [5.41, 5.74) is 1.98. The van der Waals surface area contributed by atoms with Crippen molar-refractivity contribution < 1.29 is 14.3 Å². The fourth-order valence-corrected chi connectivity index (χ4v) is 3.57. The van der Waals surface area contributed by atoms with E-state index in [9.17, 15) is 4.79 Å². The van der Waals surface area contributed by atoms with Crippen molar-refractivity contribution >= 4 is 5.91 Å². The van der Waals surface area contributed by atoms with Gasteiger partial charge in [-0.15, -0.1) is 5.10 Å². The smallest absolute Gasteiger partial charge is 0.263 e. The van der Waals surface area contributed by atoms with Gasteiger partial charge in [-0.25, -0.2) is 4.68 Å². The van der Waals surface area contributed by atoms with E-state index in [1.165, 1.54) is 5.56 Å². The molecule has 0 spiro atoms. The number of methoxy groups -OCH3 is 1. The number of aryl methyl sites for hydroxylation is 1. The molecule has 7 nitrogen and oxygen atoms in total. The highest BCUT2D eigenvalue weighted by Crippen LogP contribution is 2.29. The lowest BCUT2D eigenvalue weighted by Gasteiger charge is -2.28. The summed E-state index contributed by atoms with van der Waals surface area (Å²) in [6.07, 6.45) is 4.01. The minimum Gasteiger partial charge on any atom is -0.480 e. The van der Waals surface area contributed by atoms with Crippen molar-refractivity contribution in [2.24, 2.45) is 0 Å². The summed E-state index contributed by atoms with van der Waals surface area (Å²) < 4.78 is 12.9. The minimum atomic E-state index is -0.381. The van der Waals surface area contributed by atoms with E-state index < -0.39 is 0 Å². The molecular weight excluding hydrogens is 320 g/mol. The maximum Gasteiger partial charge on any atom is 0.263 e. The third-order valence-corrected chi connectivity index (χ3v) is 4.89. The van der Waals surface area contributed by atoms with E-state index >= 15 is 0 Å². The molecule has 2 aromatic rings. The van der Waals surface area contributed by atoms with Crippen molar-refractivity contribution in [1.29, 1.82) is 0 Å². The molecule has 4 rings (SSSR count). The van der Waals surface area contributed by atoms with Gasteiger partial charge in [-0.1, -0.05) is 23.4 Å². The molecule has 0 radical (unpaired) electrons. The summed E-state index contributed by atoms with van der Waals surface area (Å²) in [5, 5.41) is 8.27. The number of hydrogen-bond acceptors (Lipinski definition) is 5. The number of carbonyl (C=O) groups excluding carboxylic acids is 1. The molecule has 0 saturated carbocycles. The molecule has 7 heteroatoms. The number of ether oxygens (including phenoxy) is 2. The van der Waals surface area contributed by atoms with Gasteiger partial charge < -0.3 is 14.4 Å². The first-order valence-corrected chi connectivity index (χ1v) is 8.67. The van der Waals surface area contributed by atoms with E-state index in [1.807, 2.05) is 34.0 Å². The summed E-state index contributed by atoms with van der Waals surface area (Å²) in [6, 6.07) is 8.11. The second-order valence-corrected chi connectivity index (χ2v) is 6.60. The van der Waals surface area contributed by atoms with Crippen LogP contribution in [0.1, 0.15) is 30.1 Å². The van der Waals surface area contributed by atoms with Gasteiger partial charge in [-0.05, 0) is 30.9 Å². The van der Waals surface area contributed by atoms with Crippen molar-refractivity contribution in [3.8, 4) is 5.75 Å². The van der Waals surface area contributed by atoms with Gasteiger partial charge in [0.2, 0.25) is 0 Å². The predicted octanol–water partition coefficient (Wildman–Crippen LogP) is 1.59. The number of benzene rings is 1. The van der Waals surface area contributed by atoms with Crippen LogP contribution in [0.5, 0.6) is 5.75 Å². The van der Waals surface area contributed by atoms with Crippen LogP contribution in [0.25, 0.3) is 0 Å². The molecule has 1 amide bonds. The SMILES string of the molecule is COCc1cn([C@@H]2CCN(C(=O)[C@@H]3CCc4ccccc4O3)C2)nn1. The average molecular weight is 342 g/mol. The van der Waals surface area contributed by atoms with Crippen LogP contribution in [0.15, 0.2) is 30.5 Å². The monoisotopic (exact) mass is 342 g/mol. The van der Waals surface area contributed by atoms with E-state index in [-0.39, 0.29) is 18.1 Å². The van der Waals surface area contributed by atoms with E-state index in [0.29, 0.717) is 13.2 Å². The Morgan fingerprint density at radius 2 is 2.24 bits per heavy atom. The van der Waals surface area contributed by atoms with Crippen LogP contribution >= 0.6 is 0 Å². The molecule has 0 unspecified atom stereocenters. The number of hydrogen-bond donors (Lipinski definition) is 0. The van der Waals surface area contributed by atoms with E-state index in [4.69, 9.17) is 9.47 Å². The first-order chi connectivity index (χ1) is 12.2. The predicted molar refractivity (Wildman–Crippen MR) is 90.1 cm³/mol. The quantitative estimate of drug-likeness (QED) is 0.844. The van der Waals surface area contributed by atoms with Gasteiger partial charge in [0.25, 0.3) is 5.91 Å². The lowest BCUT2D eigenvalue weighted by Crippen LogP contribution is -2.42. The van der Waals surface area contributed by atoms with Crippen LogP contribution in [0.4, 0.5) is 0 Å². The fraction of sp³-hybridized carbons (Fsp3) is 0.500. The normalized spacial score (nSPS) is 22.5. The van der Waals surface area contributed by atoms with Gasteiger partial charge in [-0.3, -0.25) is 4.79 Å². The average Bonchev–Trinajstić information content (AvgIpc) is 3.30. The van der Waals surface area contributed by atoms with E-state index in [2.05, 4.69) is 16.4 Å². The Hall–Kier alpha value is -2.41. The Balaban J connectivity index is 1.39. The van der Waals surface area contributed by atoms with Crippen molar-refractivity contribution in [2.75, 3.05) is 20.2 Å². The van der Waals surface area contributed by atoms with Gasteiger partial charge >= 0.3 is 0 Å². The van der Waals surface area contributed by atoms with E-state index in [1.54, 1.807) is 7.11 Å². The van der Waals surface area contributed by atoms with Crippen LogP contribution in [-0.4, -0.2) is 52.1 Å². The minimum absolute atomic E-state index is 0.0780. The second kappa shape index (κ2) is 6.84. The lowest BCUT2D eigenvalue weighted by atomic mass is 10.0. The highest BCUT2D eigenvalue weighted by atomic mass is 16.5. The molecule has 0 N–H and O–H groups in total. The molecule has 2 atom stereocenters. The number of likely N-dealkylation sites (tertiary alicyclic amines) is 1. The molecule has 1 aromatic carbocycles. The van der Waals surface area contributed by atoms with Gasteiger partial charge in [-0.2, -0.15) is 0 Å². The van der Waals surface area contributed by atoms with Gasteiger partial charge in [0, 0.05) is 20.2 Å². The molecule has 1 saturated heterocycles. The Labute approximate surface area is 146 Å². The maximum atomic E-state index is 12.8. The largest absolute Gasteiger partial charge is 0.480 e. The van der Waals surface area contributed by atoms with Gasteiger partial charge in [0.1, 0.15) is 11.4 Å². The van der Waals surface area contributed by atoms with Crippen LogP contribution in [0.3, 0.4) is 0 Å². The molecular formula is C18H22N4O3. The number of nitrogens with zero attached hydrogens (tertiary/aromatic N) is 4. The number of aromatic nitrogens is 3.